The lowest BCUT2D eigenvalue weighted by Gasteiger charge is -2.07. The number of aryl methyl sites for hydroxylation is 2. The number of nitro groups is 1. The molecule has 110 valence electrons. The minimum atomic E-state index is -4.01. The monoisotopic (exact) mass is 307 g/mol. The molecule has 0 amide bonds. The maximum absolute atomic E-state index is 12.1. The van der Waals surface area contributed by atoms with Gasteiger partial charge in [0.25, 0.3) is 5.69 Å². The Morgan fingerprint density at radius 1 is 1.05 bits per heavy atom. The minimum absolute atomic E-state index is 0.00340. The van der Waals surface area contributed by atoms with Gasteiger partial charge in [0.2, 0.25) is 0 Å². The summed E-state index contributed by atoms with van der Waals surface area (Å²) < 4.78 is 29.1. The maximum Gasteiger partial charge on any atom is 0.339 e. The molecule has 0 spiro atoms. The third kappa shape index (κ3) is 3.38. The molecule has 0 aliphatic carbocycles. The summed E-state index contributed by atoms with van der Waals surface area (Å²) in [6, 6.07) is 10.1. The smallest absolute Gasteiger partial charge is 0.339 e. The number of hydrogen-bond donors (Lipinski definition) is 0. The van der Waals surface area contributed by atoms with Crippen LogP contribution in [0.25, 0.3) is 0 Å². The van der Waals surface area contributed by atoms with E-state index in [0.29, 0.717) is 5.56 Å². The van der Waals surface area contributed by atoms with Crippen molar-refractivity contribution < 1.29 is 17.5 Å². The number of hydrogen-bond acceptors (Lipinski definition) is 5. The van der Waals surface area contributed by atoms with Crippen molar-refractivity contribution >= 4 is 15.8 Å². The fourth-order valence-corrected chi connectivity index (χ4v) is 2.64. The molecule has 0 saturated heterocycles. The average molecular weight is 307 g/mol. The van der Waals surface area contributed by atoms with Crippen LogP contribution in [-0.2, 0) is 10.1 Å². The summed E-state index contributed by atoms with van der Waals surface area (Å²) >= 11 is 0. The van der Waals surface area contributed by atoms with Gasteiger partial charge in [-0.2, -0.15) is 8.42 Å². The lowest BCUT2D eigenvalue weighted by Crippen LogP contribution is -2.10. The molecule has 0 bridgehead atoms. The lowest BCUT2D eigenvalue weighted by molar-refractivity contribution is -0.385. The number of benzene rings is 2. The predicted octanol–water partition coefficient (Wildman–Crippen LogP) is 2.98. The van der Waals surface area contributed by atoms with Gasteiger partial charge in [0, 0.05) is 5.56 Å². The van der Waals surface area contributed by atoms with Gasteiger partial charge in [-0.05, 0) is 38.1 Å². The zero-order valence-corrected chi connectivity index (χ0v) is 12.3. The second kappa shape index (κ2) is 5.53. The van der Waals surface area contributed by atoms with Crippen LogP contribution in [0.3, 0.4) is 0 Å². The molecule has 2 aromatic carbocycles. The van der Waals surface area contributed by atoms with Crippen molar-refractivity contribution in [3.8, 4) is 5.75 Å². The van der Waals surface area contributed by atoms with Gasteiger partial charge in [-0.25, -0.2) is 0 Å². The number of rotatable bonds is 4. The topological polar surface area (TPSA) is 86.5 Å². The summed E-state index contributed by atoms with van der Waals surface area (Å²) in [4.78, 5) is 10.3. The van der Waals surface area contributed by atoms with Gasteiger partial charge >= 0.3 is 10.1 Å². The summed E-state index contributed by atoms with van der Waals surface area (Å²) in [6.45, 7) is 3.40. The zero-order valence-electron chi connectivity index (χ0n) is 11.4. The van der Waals surface area contributed by atoms with E-state index in [1.807, 2.05) is 6.92 Å². The van der Waals surface area contributed by atoms with Crippen molar-refractivity contribution in [2.75, 3.05) is 0 Å². The summed E-state index contributed by atoms with van der Waals surface area (Å²) in [7, 11) is -4.01. The summed E-state index contributed by atoms with van der Waals surface area (Å²) in [5, 5.41) is 10.8. The van der Waals surface area contributed by atoms with Crippen molar-refractivity contribution in [3.63, 3.8) is 0 Å². The van der Waals surface area contributed by atoms with Crippen molar-refractivity contribution in [2.45, 2.75) is 18.7 Å². The normalized spacial score (nSPS) is 11.1. The van der Waals surface area contributed by atoms with Crippen molar-refractivity contribution in [3.05, 3.63) is 63.7 Å². The Balaban J connectivity index is 2.35. The molecular formula is C14H13NO5S. The molecule has 0 N–H and O–H groups in total. The molecule has 0 aliphatic heterocycles. The Hall–Kier alpha value is -2.41. The molecule has 7 heteroatoms. The summed E-state index contributed by atoms with van der Waals surface area (Å²) in [5.74, 6) is -0.0899. The Morgan fingerprint density at radius 2 is 1.67 bits per heavy atom. The van der Waals surface area contributed by atoms with Crippen LogP contribution in [0.4, 0.5) is 5.69 Å². The molecule has 0 aromatic heterocycles. The third-order valence-electron chi connectivity index (χ3n) is 2.89. The molecule has 0 heterocycles. The Kier molecular flexibility index (Phi) is 3.95. The standard InChI is InChI=1S/C14H13NO5S/c1-10-3-7-13(8-4-10)21(18,19)20-12-6-5-11(2)14(9-12)15(16)17/h3-9H,1-2H3. The van der Waals surface area contributed by atoms with E-state index in [1.165, 1.54) is 24.3 Å². The number of nitro benzene ring substituents is 1. The Morgan fingerprint density at radius 3 is 2.24 bits per heavy atom. The van der Waals surface area contributed by atoms with E-state index in [0.717, 1.165) is 11.6 Å². The molecule has 0 fully saturated rings. The molecule has 0 unspecified atom stereocenters. The SMILES string of the molecule is Cc1ccc(S(=O)(=O)Oc2ccc(C)c([N+](=O)[O-])c2)cc1. The second-order valence-corrected chi connectivity index (χ2v) is 6.10. The highest BCUT2D eigenvalue weighted by molar-refractivity contribution is 7.87. The van der Waals surface area contributed by atoms with E-state index in [4.69, 9.17) is 4.18 Å². The van der Waals surface area contributed by atoms with Crippen LogP contribution < -0.4 is 4.18 Å². The molecule has 2 rings (SSSR count). The average Bonchev–Trinajstić information content (AvgIpc) is 2.41. The molecule has 0 aliphatic rings. The maximum atomic E-state index is 12.1. The van der Waals surface area contributed by atoms with Crippen LogP contribution in [-0.4, -0.2) is 13.3 Å². The third-order valence-corrected chi connectivity index (χ3v) is 4.15. The van der Waals surface area contributed by atoms with Gasteiger partial charge in [-0.15, -0.1) is 0 Å². The molecule has 21 heavy (non-hydrogen) atoms. The highest BCUT2D eigenvalue weighted by Gasteiger charge is 2.19. The first kappa shape index (κ1) is 15.0. The van der Waals surface area contributed by atoms with Gasteiger partial charge in [0.15, 0.2) is 0 Å². The highest BCUT2D eigenvalue weighted by atomic mass is 32.2. The fraction of sp³-hybridized carbons (Fsp3) is 0.143. The second-order valence-electron chi connectivity index (χ2n) is 4.56. The van der Waals surface area contributed by atoms with E-state index in [-0.39, 0.29) is 16.3 Å². The van der Waals surface area contributed by atoms with Crippen molar-refractivity contribution in [1.82, 2.24) is 0 Å². The Labute approximate surface area is 122 Å². The van der Waals surface area contributed by atoms with E-state index in [9.17, 15) is 18.5 Å². The van der Waals surface area contributed by atoms with Crippen LogP contribution in [0.2, 0.25) is 0 Å². The van der Waals surface area contributed by atoms with Gasteiger partial charge in [-0.3, -0.25) is 10.1 Å². The molecule has 2 aromatic rings. The van der Waals surface area contributed by atoms with Gasteiger partial charge in [0.1, 0.15) is 10.6 Å². The minimum Gasteiger partial charge on any atom is -0.379 e. The van der Waals surface area contributed by atoms with Crippen LogP contribution in [0.5, 0.6) is 5.75 Å². The lowest BCUT2D eigenvalue weighted by atomic mass is 10.2. The largest absolute Gasteiger partial charge is 0.379 e. The van der Waals surface area contributed by atoms with Crippen molar-refractivity contribution in [2.24, 2.45) is 0 Å². The van der Waals surface area contributed by atoms with Crippen LogP contribution in [0, 0.1) is 24.0 Å². The highest BCUT2D eigenvalue weighted by Crippen LogP contribution is 2.26. The van der Waals surface area contributed by atoms with Gasteiger partial charge < -0.3 is 4.18 Å². The number of nitrogens with zero attached hydrogens (tertiary/aromatic N) is 1. The van der Waals surface area contributed by atoms with E-state index < -0.39 is 15.0 Å². The van der Waals surface area contributed by atoms with E-state index in [2.05, 4.69) is 0 Å². The molecule has 0 saturated carbocycles. The van der Waals surface area contributed by atoms with Crippen molar-refractivity contribution in [1.29, 1.82) is 0 Å². The zero-order chi connectivity index (χ0) is 15.6. The molecule has 0 radical (unpaired) electrons. The summed E-state index contributed by atoms with van der Waals surface area (Å²) in [6.07, 6.45) is 0. The Bertz CT molecular complexity index is 782. The van der Waals surface area contributed by atoms with Crippen LogP contribution in [0.15, 0.2) is 47.4 Å². The van der Waals surface area contributed by atoms with E-state index >= 15 is 0 Å². The van der Waals surface area contributed by atoms with Crippen LogP contribution >= 0.6 is 0 Å². The quantitative estimate of drug-likeness (QED) is 0.492. The van der Waals surface area contributed by atoms with Crippen LogP contribution in [0.1, 0.15) is 11.1 Å². The van der Waals surface area contributed by atoms with Gasteiger partial charge in [0.05, 0.1) is 11.0 Å². The summed E-state index contributed by atoms with van der Waals surface area (Å²) in [5.41, 5.74) is 1.16. The molecule has 0 atom stereocenters. The first-order valence-electron chi connectivity index (χ1n) is 6.06. The first-order valence-corrected chi connectivity index (χ1v) is 7.46. The molecule has 6 nitrogen and oxygen atoms in total. The first-order chi connectivity index (χ1) is 9.79. The fourth-order valence-electron chi connectivity index (χ4n) is 1.72. The molecular weight excluding hydrogens is 294 g/mol. The predicted molar refractivity (Wildman–Crippen MR) is 76.8 cm³/mol. The van der Waals surface area contributed by atoms with E-state index in [1.54, 1.807) is 19.1 Å². The van der Waals surface area contributed by atoms with Gasteiger partial charge in [-0.1, -0.05) is 17.7 Å².